The van der Waals surface area contributed by atoms with Crippen LogP contribution in [0.25, 0.3) is 0 Å². The van der Waals surface area contributed by atoms with Gasteiger partial charge in [-0.1, -0.05) is 13.0 Å². The first kappa shape index (κ1) is 21.7. The third-order valence-electron chi connectivity index (χ3n) is 5.58. The molecule has 0 atom stereocenters. The summed E-state index contributed by atoms with van der Waals surface area (Å²) in [6, 6.07) is 3.99. The molecule has 2 fully saturated rings. The number of primary amides is 1. The van der Waals surface area contributed by atoms with Crippen LogP contribution < -0.4 is 16.4 Å². The lowest BCUT2D eigenvalue weighted by Gasteiger charge is -2.32. The van der Waals surface area contributed by atoms with Crippen molar-refractivity contribution in [3.05, 3.63) is 23.9 Å². The van der Waals surface area contributed by atoms with Gasteiger partial charge in [0.15, 0.2) is 5.96 Å². The molecule has 1 amide bonds. The topological polar surface area (TPSA) is 101 Å². The quantitative estimate of drug-likeness (QED) is 0.385. The Morgan fingerprint density at radius 3 is 2.48 bits per heavy atom. The number of carbonyl (C=O) groups is 1. The fraction of sp³-hybridized carbons (Fsp3) is 0.632. The number of hydrogen-bond acceptors (Lipinski definition) is 4. The molecule has 0 bridgehead atoms. The van der Waals surface area contributed by atoms with Crippen molar-refractivity contribution in [2.24, 2.45) is 28.3 Å². The zero-order chi connectivity index (χ0) is 18.5. The van der Waals surface area contributed by atoms with E-state index in [4.69, 9.17) is 11.5 Å². The second-order valence-corrected chi connectivity index (χ2v) is 7.49. The first-order valence-corrected chi connectivity index (χ1v) is 9.57. The van der Waals surface area contributed by atoms with Crippen molar-refractivity contribution in [2.45, 2.75) is 39.2 Å². The van der Waals surface area contributed by atoms with Crippen LogP contribution in [0.3, 0.4) is 0 Å². The maximum Gasteiger partial charge on any atom is 0.220 e. The predicted molar refractivity (Wildman–Crippen MR) is 119 cm³/mol. The summed E-state index contributed by atoms with van der Waals surface area (Å²) in [5.74, 6) is 2.12. The van der Waals surface area contributed by atoms with Gasteiger partial charge in [-0.05, 0) is 37.7 Å². The average molecular weight is 486 g/mol. The van der Waals surface area contributed by atoms with E-state index in [2.05, 4.69) is 32.8 Å². The summed E-state index contributed by atoms with van der Waals surface area (Å²) in [4.78, 5) is 24.9. The van der Waals surface area contributed by atoms with Crippen LogP contribution in [-0.4, -0.2) is 47.9 Å². The number of carbonyl (C=O) groups excluding carboxylic acids is 1. The number of pyridine rings is 1. The minimum absolute atomic E-state index is 0. The van der Waals surface area contributed by atoms with Gasteiger partial charge in [0.25, 0.3) is 0 Å². The second kappa shape index (κ2) is 10.1. The Kier molecular flexibility index (Phi) is 8.12. The van der Waals surface area contributed by atoms with E-state index in [1.54, 1.807) is 6.20 Å². The Labute approximate surface area is 178 Å². The average Bonchev–Trinajstić information content (AvgIpc) is 2.67. The summed E-state index contributed by atoms with van der Waals surface area (Å²) in [5.41, 5.74) is 12.7. The number of rotatable bonds is 4. The number of piperidine rings is 2. The van der Waals surface area contributed by atoms with Gasteiger partial charge in [-0.3, -0.25) is 4.79 Å². The smallest absolute Gasteiger partial charge is 0.220 e. The molecule has 0 spiro atoms. The lowest BCUT2D eigenvalue weighted by Crippen LogP contribution is -2.42. The maximum absolute atomic E-state index is 11.4. The molecule has 0 aromatic carbocycles. The maximum atomic E-state index is 11.4. The van der Waals surface area contributed by atoms with Crippen LogP contribution in [0, 0.1) is 11.8 Å². The zero-order valence-corrected chi connectivity index (χ0v) is 18.3. The van der Waals surface area contributed by atoms with Crippen molar-refractivity contribution in [2.75, 3.05) is 31.1 Å². The summed E-state index contributed by atoms with van der Waals surface area (Å²) in [6.45, 7) is 6.36. The molecule has 0 saturated carbocycles. The van der Waals surface area contributed by atoms with E-state index in [1.165, 1.54) is 12.8 Å². The Morgan fingerprint density at radius 2 is 1.85 bits per heavy atom. The summed E-state index contributed by atoms with van der Waals surface area (Å²) in [6.07, 6.45) is 5.70. The number of halogens is 1. The number of amides is 1. The summed E-state index contributed by atoms with van der Waals surface area (Å²) in [7, 11) is 0. The molecule has 4 N–H and O–H groups in total. The fourth-order valence-electron chi connectivity index (χ4n) is 3.72. The normalized spacial score (nSPS) is 19.7. The molecule has 7 nitrogen and oxygen atoms in total. The van der Waals surface area contributed by atoms with Crippen LogP contribution in [0.15, 0.2) is 23.3 Å². The number of aromatic nitrogens is 1. The third-order valence-corrected chi connectivity index (χ3v) is 5.58. The molecule has 27 heavy (non-hydrogen) atoms. The Morgan fingerprint density at radius 1 is 1.19 bits per heavy atom. The minimum atomic E-state index is -0.195. The first-order chi connectivity index (χ1) is 12.5. The Balaban J connectivity index is 0.00000261. The monoisotopic (exact) mass is 486 g/mol. The number of likely N-dealkylation sites (tertiary alicyclic amines) is 1. The largest absolute Gasteiger partial charge is 0.370 e. The number of nitrogens with two attached hydrogens (primary N) is 2. The molecule has 0 radical (unpaired) electrons. The molecular weight excluding hydrogens is 455 g/mol. The van der Waals surface area contributed by atoms with Crippen molar-refractivity contribution in [3.63, 3.8) is 0 Å². The third kappa shape index (κ3) is 5.70. The number of nitrogens with zero attached hydrogens (tertiary/aromatic N) is 4. The second-order valence-electron chi connectivity index (χ2n) is 7.49. The van der Waals surface area contributed by atoms with Gasteiger partial charge in [0.2, 0.25) is 5.91 Å². The highest BCUT2D eigenvalue weighted by molar-refractivity contribution is 14.0. The van der Waals surface area contributed by atoms with E-state index < -0.39 is 0 Å². The minimum Gasteiger partial charge on any atom is -0.370 e. The molecule has 8 heteroatoms. The van der Waals surface area contributed by atoms with Crippen LogP contribution in [0.1, 0.15) is 38.2 Å². The lowest BCUT2D eigenvalue weighted by atomic mass is 9.96. The molecule has 150 valence electrons. The molecular formula is C19H31IN6O. The molecule has 3 heterocycles. The van der Waals surface area contributed by atoms with Gasteiger partial charge in [-0.2, -0.15) is 0 Å². The van der Waals surface area contributed by atoms with Crippen molar-refractivity contribution in [1.29, 1.82) is 0 Å². The molecule has 1 aromatic rings. The van der Waals surface area contributed by atoms with E-state index >= 15 is 0 Å². The van der Waals surface area contributed by atoms with E-state index in [0.717, 1.165) is 56.3 Å². The molecule has 0 unspecified atom stereocenters. The highest BCUT2D eigenvalue weighted by Gasteiger charge is 2.25. The SMILES string of the molecule is CC1CCN(C(N)=NCc2cccnc2N2CCC(C(N)=O)CC2)CC1.I. The van der Waals surface area contributed by atoms with Crippen molar-refractivity contribution in [1.82, 2.24) is 9.88 Å². The van der Waals surface area contributed by atoms with Gasteiger partial charge in [0.05, 0.1) is 6.54 Å². The number of aliphatic imine (C=N–C) groups is 1. The van der Waals surface area contributed by atoms with Crippen molar-refractivity contribution < 1.29 is 4.79 Å². The molecule has 2 aliphatic heterocycles. The van der Waals surface area contributed by atoms with E-state index in [-0.39, 0.29) is 35.8 Å². The highest BCUT2D eigenvalue weighted by atomic mass is 127. The van der Waals surface area contributed by atoms with E-state index in [1.807, 2.05) is 6.07 Å². The van der Waals surface area contributed by atoms with Gasteiger partial charge in [-0.25, -0.2) is 9.98 Å². The van der Waals surface area contributed by atoms with Crippen molar-refractivity contribution in [3.8, 4) is 0 Å². The summed E-state index contributed by atoms with van der Waals surface area (Å²) < 4.78 is 0. The van der Waals surface area contributed by atoms with Gasteiger partial charge < -0.3 is 21.3 Å². The highest BCUT2D eigenvalue weighted by Crippen LogP contribution is 2.25. The van der Waals surface area contributed by atoms with E-state index in [9.17, 15) is 4.79 Å². The van der Waals surface area contributed by atoms with Crippen LogP contribution in [0.5, 0.6) is 0 Å². The molecule has 3 rings (SSSR count). The lowest BCUT2D eigenvalue weighted by molar-refractivity contribution is -0.122. The summed E-state index contributed by atoms with van der Waals surface area (Å²) in [5, 5.41) is 0. The standard InChI is InChI=1S/C19H30N6O.HI/c1-14-4-9-25(10-5-14)19(21)23-13-16-3-2-8-22-18(16)24-11-6-15(7-12-24)17(20)26;/h2-3,8,14-15H,4-7,9-13H2,1H3,(H2,20,26)(H2,21,23);1H. The van der Waals surface area contributed by atoms with E-state index in [0.29, 0.717) is 12.5 Å². The molecule has 1 aromatic heterocycles. The Bertz CT molecular complexity index is 651. The van der Waals surface area contributed by atoms with Crippen LogP contribution >= 0.6 is 24.0 Å². The van der Waals surface area contributed by atoms with Crippen LogP contribution in [-0.2, 0) is 11.3 Å². The van der Waals surface area contributed by atoms with Crippen LogP contribution in [0.2, 0.25) is 0 Å². The van der Waals surface area contributed by atoms with Gasteiger partial charge >= 0.3 is 0 Å². The van der Waals surface area contributed by atoms with Crippen LogP contribution in [0.4, 0.5) is 5.82 Å². The number of hydrogen-bond donors (Lipinski definition) is 2. The Hall–Kier alpha value is -1.58. The summed E-state index contributed by atoms with van der Waals surface area (Å²) >= 11 is 0. The van der Waals surface area contributed by atoms with Gasteiger partial charge in [-0.15, -0.1) is 24.0 Å². The molecule has 2 saturated heterocycles. The van der Waals surface area contributed by atoms with Gasteiger partial charge in [0.1, 0.15) is 5.82 Å². The molecule has 0 aliphatic carbocycles. The molecule has 2 aliphatic rings. The van der Waals surface area contributed by atoms with Crippen molar-refractivity contribution >= 4 is 41.7 Å². The fourth-order valence-corrected chi connectivity index (χ4v) is 3.72. The predicted octanol–water partition coefficient (Wildman–Crippen LogP) is 1.95. The van der Waals surface area contributed by atoms with Gasteiger partial charge in [0, 0.05) is 43.9 Å². The first-order valence-electron chi connectivity index (χ1n) is 9.57. The number of anilines is 1. The number of guanidine groups is 1. The zero-order valence-electron chi connectivity index (χ0n) is 16.0.